The molecule has 0 atom stereocenters. The Hall–Kier alpha value is -1.25. The highest BCUT2D eigenvalue weighted by atomic mass is 16.5. The molecule has 3 heteroatoms. The first-order chi connectivity index (χ1) is 5.34. The van der Waals surface area contributed by atoms with Crippen molar-refractivity contribution in [1.29, 1.82) is 0 Å². The Morgan fingerprint density at radius 2 is 2.64 bits per heavy atom. The molecule has 0 aliphatic carbocycles. The lowest BCUT2D eigenvalue weighted by molar-refractivity contribution is 0.0468. The fourth-order valence-corrected chi connectivity index (χ4v) is 0.617. The van der Waals surface area contributed by atoms with E-state index in [1.807, 2.05) is 6.92 Å². The fraction of sp³-hybridized carbons (Fsp3) is 0.375. The number of ether oxygens (including phenoxy) is 1. The minimum Gasteiger partial charge on any atom is -0.460 e. The number of hydrogen-bond donors (Lipinski definition) is 0. The number of carbonyl (C=O) groups excluding carboxylic acids is 1. The van der Waals surface area contributed by atoms with Gasteiger partial charge >= 0.3 is 5.97 Å². The Kier molecular flexibility index (Phi) is 2.72. The van der Waals surface area contributed by atoms with Gasteiger partial charge in [-0.2, -0.15) is 0 Å². The summed E-state index contributed by atoms with van der Waals surface area (Å²) in [6.07, 6.45) is 3.23. The smallest absolute Gasteiger partial charge is 0.374 e. The van der Waals surface area contributed by atoms with E-state index in [1.54, 1.807) is 0 Å². The Bertz CT molecular complexity index is 213. The van der Waals surface area contributed by atoms with Gasteiger partial charge in [-0.25, -0.2) is 4.79 Å². The quantitative estimate of drug-likeness (QED) is 0.620. The first kappa shape index (κ1) is 7.85. The topological polar surface area (TPSA) is 39.4 Å². The van der Waals surface area contributed by atoms with Crippen molar-refractivity contribution in [2.24, 2.45) is 0 Å². The second-order valence-electron chi connectivity index (χ2n) is 2.05. The van der Waals surface area contributed by atoms with Crippen LogP contribution in [0.3, 0.4) is 0 Å². The summed E-state index contributed by atoms with van der Waals surface area (Å²) in [5.74, 6) is -0.216. The van der Waals surface area contributed by atoms with E-state index < -0.39 is 5.97 Å². The molecule has 0 spiro atoms. The SMILES string of the molecule is CCCOC(=O)c1cc[c]o1. The molecule has 0 aliphatic rings. The minimum atomic E-state index is -0.423. The zero-order valence-corrected chi connectivity index (χ0v) is 6.29. The maximum atomic E-state index is 10.9. The number of esters is 1. The van der Waals surface area contributed by atoms with E-state index in [-0.39, 0.29) is 5.76 Å². The summed E-state index contributed by atoms with van der Waals surface area (Å²) in [5, 5.41) is 0. The van der Waals surface area contributed by atoms with E-state index in [0.29, 0.717) is 6.61 Å². The van der Waals surface area contributed by atoms with Gasteiger partial charge in [0.25, 0.3) is 0 Å². The average Bonchev–Trinajstić information content (AvgIpc) is 2.52. The molecule has 0 fully saturated rings. The molecule has 0 saturated heterocycles. The van der Waals surface area contributed by atoms with Crippen molar-refractivity contribution in [2.75, 3.05) is 6.61 Å². The lowest BCUT2D eigenvalue weighted by Crippen LogP contribution is -2.03. The molecule has 0 aromatic carbocycles. The first-order valence-electron chi connectivity index (χ1n) is 3.47. The molecule has 0 saturated carbocycles. The predicted molar refractivity (Wildman–Crippen MR) is 38.1 cm³/mol. The van der Waals surface area contributed by atoms with Crippen molar-refractivity contribution in [3.8, 4) is 0 Å². The molecular formula is C8H9O3. The third kappa shape index (κ3) is 2.11. The van der Waals surface area contributed by atoms with Gasteiger partial charge in [0, 0.05) is 0 Å². The lowest BCUT2D eigenvalue weighted by Gasteiger charge is -1.97. The maximum absolute atomic E-state index is 10.9. The van der Waals surface area contributed by atoms with Crippen molar-refractivity contribution in [1.82, 2.24) is 0 Å². The van der Waals surface area contributed by atoms with Crippen LogP contribution in [-0.2, 0) is 4.74 Å². The third-order valence-corrected chi connectivity index (χ3v) is 1.11. The molecule has 1 radical (unpaired) electrons. The number of hydrogen-bond acceptors (Lipinski definition) is 3. The van der Waals surface area contributed by atoms with Gasteiger partial charge in [-0.1, -0.05) is 6.92 Å². The molecule has 59 valence electrons. The van der Waals surface area contributed by atoms with Crippen LogP contribution in [0.5, 0.6) is 0 Å². The second-order valence-corrected chi connectivity index (χ2v) is 2.05. The van der Waals surface area contributed by atoms with Crippen LogP contribution in [0.4, 0.5) is 0 Å². The van der Waals surface area contributed by atoms with Gasteiger partial charge in [0.2, 0.25) is 5.76 Å². The van der Waals surface area contributed by atoms with Gasteiger partial charge in [-0.05, 0) is 18.6 Å². The van der Waals surface area contributed by atoms with E-state index >= 15 is 0 Å². The molecule has 0 amide bonds. The van der Waals surface area contributed by atoms with E-state index in [9.17, 15) is 4.79 Å². The second kappa shape index (κ2) is 3.81. The van der Waals surface area contributed by atoms with E-state index in [4.69, 9.17) is 9.15 Å². The number of furan rings is 1. The minimum absolute atomic E-state index is 0.207. The highest BCUT2D eigenvalue weighted by Crippen LogP contribution is 2.01. The molecule has 1 rings (SSSR count). The van der Waals surface area contributed by atoms with Crippen LogP contribution in [0.25, 0.3) is 0 Å². The van der Waals surface area contributed by atoms with Crippen LogP contribution in [0, 0.1) is 6.26 Å². The van der Waals surface area contributed by atoms with Gasteiger partial charge in [-0.3, -0.25) is 0 Å². The molecule has 0 bridgehead atoms. The van der Waals surface area contributed by atoms with Crippen LogP contribution >= 0.6 is 0 Å². The summed E-state index contributed by atoms with van der Waals surface area (Å²) in [5.41, 5.74) is 0. The Morgan fingerprint density at radius 3 is 3.18 bits per heavy atom. The van der Waals surface area contributed by atoms with E-state index in [0.717, 1.165) is 6.42 Å². The van der Waals surface area contributed by atoms with Crippen LogP contribution in [-0.4, -0.2) is 12.6 Å². The van der Waals surface area contributed by atoms with Crippen molar-refractivity contribution >= 4 is 5.97 Å². The van der Waals surface area contributed by atoms with E-state index in [1.165, 1.54) is 12.1 Å². The molecule has 11 heavy (non-hydrogen) atoms. The normalized spacial score (nSPS) is 9.55. The summed E-state index contributed by atoms with van der Waals surface area (Å²) in [6.45, 7) is 2.36. The van der Waals surface area contributed by atoms with Crippen molar-refractivity contribution in [3.63, 3.8) is 0 Å². The van der Waals surface area contributed by atoms with Crippen LogP contribution < -0.4 is 0 Å². The summed E-state index contributed by atoms with van der Waals surface area (Å²) in [7, 11) is 0. The molecule has 1 aromatic heterocycles. The highest BCUT2D eigenvalue weighted by molar-refractivity contribution is 5.86. The summed E-state index contributed by atoms with van der Waals surface area (Å²) in [6, 6.07) is 3.06. The van der Waals surface area contributed by atoms with Crippen LogP contribution in [0.1, 0.15) is 23.9 Å². The Morgan fingerprint density at radius 1 is 1.82 bits per heavy atom. The number of carbonyl (C=O) groups is 1. The lowest BCUT2D eigenvalue weighted by atomic mass is 10.4. The highest BCUT2D eigenvalue weighted by Gasteiger charge is 2.08. The largest absolute Gasteiger partial charge is 0.460 e. The Labute approximate surface area is 65.0 Å². The van der Waals surface area contributed by atoms with Crippen molar-refractivity contribution < 1.29 is 13.9 Å². The maximum Gasteiger partial charge on any atom is 0.374 e. The first-order valence-corrected chi connectivity index (χ1v) is 3.47. The van der Waals surface area contributed by atoms with Gasteiger partial charge in [0.1, 0.15) is 0 Å². The zero-order valence-electron chi connectivity index (χ0n) is 6.29. The fourth-order valence-electron chi connectivity index (χ4n) is 0.617. The summed E-state index contributed by atoms with van der Waals surface area (Å²) in [4.78, 5) is 10.9. The van der Waals surface area contributed by atoms with Crippen LogP contribution in [0.2, 0.25) is 0 Å². The third-order valence-electron chi connectivity index (χ3n) is 1.11. The summed E-state index contributed by atoms with van der Waals surface area (Å²) < 4.78 is 9.48. The molecule has 0 unspecified atom stereocenters. The monoisotopic (exact) mass is 153 g/mol. The standard InChI is InChI=1S/C8H9O3/c1-2-5-11-8(9)7-4-3-6-10-7/h3-4H,2,5H2,1H3. The van der Waals surface area contributed by atoms with Crippen molar-refractivity contribution in [3.05, 3.63) is 24.2 Å². The van der Waals surface area contributed by atoms with Crippen LogP contribution in [0.15, 0.2) is 16.5 Å². The molecule has 1 heterocycles. The van der Waals surface area contributed by atoms with Gasteiger partial charge < -0.3 is 9.15 Å². The van der Waals surface area contributed by atoms with Gasteiger partial charge in [0.05, 0.1) is 6.61 Å². The molecule has 0 N–H and O–H groups in total. The summed E-state index contributed by atoms with van der Waals surface area (Å²) >= 11 is 0. The predicted octanol–water partition coefficient (Wildman–Crippen LogP) is 1.65. The van der Waals surface area contributed by atoms with Gasteiger partial charge in [-0.15, -0.1) is 0 Å². The van der Waals surface area contributed by atoms with Crippen molar-refractivity contribution in [2.45, 2.75) is 13.3 Å². The molecule has 3 nitrogen and oxygen atoms in total. The number of rotatable bonds is 3. The zero-order chi connectivity index (χ0) is 8.10. The van der Waals surface area contributed by atoms with E-state index in [2.05, 4.69) is 6.26 Å². The van der Waals surface area contributed by atoms with Gasteiger partial charge in [0.15, 0.2) is 6.26 Å². The molecule has 0 aliphatic heterocycles. The molecular weight excluding hydrogens is 144 g/mol. The Balaban J connectivity index is 2.43. The average molecular weight is 153 g/mol. The molecule has 1 aromatic rings.